The highest BCUT2D eigenvalue weighted by Gasteiger charge is 2.30. The van der Waals surface area contributed by atoms with Gasteiger partial charge in [0.2, 0.25) is 0 Å². The monoisotopic (exact) mass is 400 g/mol. The molecule has 1 aromatic heterocycles. The number of amides is 1. The third kappa shape index (κ3) is 3.61. The highest BCUT2D eigenvalue weighted by Crippen LogP contribution is 2.34. The zero-order valence-corrected chi connectivity index (χ0v) is 15.1. The number of rotatable bonds is 3. The van der Waals surface area contributed by atoms with E-state index in [-0.39, 0.29) is 16.2 Å². The van der Waals surface area contributed by atoms with E-state index >= 15 is 0 Å². The van der Waals surface area contributed by atoms with Crippen molar-refractivity contribution < 1.29 is 22.7 Å². The SMILES string of the molecule is COc1c(C)cc(Cl)cc1C(=O)Nc1nc2cc(C(F)(F)F)ccc2s1. The molecular weight excluding hydrogens is 389 g/mol. The van der Waals surface area contributed by atoms with Crippen molar-refractivity contribution in [3.63, 3.8) is 0 Å². The number of ether oxygens (including phenoxy) is 1. The Kier molecular flexibility index (Phi) is 4.81. The number of anilines is 1. The maximum Gasteiger partial charge on any atom is 0.416 e. The van der Waals surface area contributed by atoms with Crippen molar-refractivity contribution in [2.75, 3.05) is 12.4 Å². The number of methoxy groups -OCH3 is 1. The van der Waals surface area contributed by atoms with Crippen LogP contribution in [0.3, 0.4) is 0 Å². The minimum absolute atomic E-state index is 0.161. The fourth-order valence-corrected chi connectivity index (χ4v) is 3.61. The Hall–Kier alpha value is -2.32. The summed E-state index contributed by atoms with van der Waals surface area (Å²) >= 11 is 7.07. The van der Waals surface area contributed by atoms with Crippen molar-refractivity contribution >= 4 is 44.2 Å². The van der Waals surface area contributed by atoms with Gasteiger partial charge in [-0.05, 0) is 42.8 Å². The molecule has 0 saturated carbocycles. The Morgan fingerprint density at radius 1 is 1.27 bits per heavy atom. The Morgan fingerprint density at radius 3 is 2.65 bits per heavy atom. The fraction of sp³-hybridized carbons (Fsp3) is 0.176. The number of carbonyl (C=O) groups is 1. The van der Waals surface area contributed by atoms with Crippen LogP contribution in [0.5, 0.6) is 5.75 Å². The van der Waals surface area contributed by atoms with Gasteiger partial charge in [-0.15, -0.1) is 0 Å². The quantitative estimate of drug-likeness (QED) is 0.628. The molecule has 1 amide bonds. The number of nitrogens with one attached hydrogen (secondary N) is 1. The van der Waals surface area contributed by atoms with E-state index in [4.69, 9.17) is 16.3 Å². The van der Waals surface area contributed by atoms with Gasteiger partial charge in [-0.3, -0.25) is 10.1 Å². The van der Waals surface area contributed by atoms with E-state index in [0.29, 0.717) is 21.0 Å². The van der Waals surface area contributed by atoms with Gasteiger partial charge < -0.3 is 4.74 Å². The third-order valence-corrected chi connectivity index (χ3v) is 4.79. The second-order valence-corrected chi connectivity index (χ2v) is 6.92. The number of alkyl halides is 3. The van der Waals surface area contributed by atoms with Gasteiger partial charge >= 0.3 is 6.18 Å². The van der Waals surface area contributed by atoms with Gasteiger partial charge in [0.05, 0.1) is 28.5 Å². The lowest BCUT2D eigenvalue weighted by atomic mass is 10.1. The molecule has 0 unspecified atom stereocenters. The predicted octanol–water partition coefficient (Wildman–Crippen LogP) is 5.54. The van der Waals surface area contributed by atoms with E-state index in [2.05, 4.69) is 10.3 Å². The molecule has 0 spiro atoms. The summed E-state index contributed by atoms with van der Waals surface area (Å²) < 4.78 is 44.1. The van der Waals surface area contributed by atoms with Gasteiger partial charge in [0, 0.05) is 5.02 Å². The van der Waals surface area contributed by atoms with Crippen LogP contribution in [0.4, 0.5) is 18.3 Å². The van der Waals surface area contributed by atoms with Crippen LogP contribution in [0.15, 0.2) is 30.3 Å². The summed E-state index contributed by atoms with van der Waals surface area (Å²) in [4.78, 5) is 16.6. The largest absolute Gasteiger partial charge is 0.496 e. The summed E-state index contributed by atoms with van der Waals surface area (Å²) in [5.41, 5.74) is 0.270. The zero-order chi connectivity index (χ0) is 19.1. The molecule has 136 valence electrons. The molecule has 0 bridgehead atoms. The van der Waals surface area contributed by atoms with Gasteiger partial charge in [-0.2, -0.15) is 13.2 Å². The van der Waals surface area contributed by atoms with Crippen LogP contribution in [0.2, 0.25) is 5.02 Å². The van der Waals surface area contributed by atoms with Crippen LogP contribution in [0, 0.1) is 6.92 Å². The molecule has 2 aromatic carbocycles. The number of hydrogen-bond acceptors (Lipinski definition) is 4. The molecule has 0 aliphatic carbocycles. The number of hydrogen-bond donors (Lipinski definition) is 1. The summed E-state index contributed by atoms with van der Waals surface area (Å²) in [5, 5.41) is 3.14. The Morgan fingerprint density at radius 2 is 2.00 bits per heavy atom. The molecule has 0 aliphatic heterocycles. The van der Waals surface area contributed by atoms with Crippen LogP contribution >= 0.6 is 22.9 Å². The molecule has 1 heterocycles. The average molecular weight is 401 g/mol. The number of thiazole rings is 1. The van der Waals surface area contributed by atoms with Gasteiger partial charge in [-0.25, -0.2) is 4.98 Å². The van der Waals surface area contributed by atoms with Crippen LogP contribution < -0.4 is 10.1 Å². The molecule has 0 radical (unpaired) electrons. The van der Waals surface area contributed by atoms with Crippen molar-refractivity contribution in [3.05, 3.63) is 52.0 Å². The molecule has 26 heavy (non-hydrogen) atoms. The molecule has 0 aliphatic rings. The van der Waals surface area contributed by atoms with Crippen molar-refractivity contribution in [1.29, 1.82) is 0 Å². The number of carbonyl (C=O) groups excluding carboxylic acids is 1. The van der Waals surface area contributed by atoms with Crippen molar-refractivity contribution in [1.82, 2.24) is 4.98 Å². The summed E-state index contributed by atoms with van der Waals surface area (Å²) in [7, 11) is 1.43. The van der Waals surface area contributed by atoms with Crippen LogP contribution in [-0.2, 0) is 6.18 Å². The van der Waals surface area contributed by atoms with Gasteiger partial charge in [-0.1, -0.05) is 22.9 Å². The second kappa shape index (κ2) is 6.77. The van der Waals surface area contributed by atoms with Crippen molar-refractivity contribution in [3.8, 4) is 5.75 Å². The lowest BCUT2D eigenvalue weighted by molar-refractivity contribution is -0.137. The minimum atomic E-state index is -4.45. The van der Waals surface area contributed by atoms with E-state index in [9.17, 15) is 18.0 Å². The lowest BCUT2D eigenvalue weighted by Gasteiger charge is -2.11. The van der Waals surface area contributed by atoms with E-state index in [1.807, 2.05) is 0 Å². The normalized spacial score (nSPS) is 11.6. The summed E-state index contributed by atoms with van der Waals surface area (Å²) in [6, 6.07) is 6.38. The third-order valence-electron chi connectivity index (χ3n) is 3.62. The molecular formula is C17H12ClF3N2O2S. The summed E-state index contributed by atoms with van der Waals surface area (Å²) in [6.45, 7) is 1.75. The van der Waals surface area contributed by atoms with Gasteiger partial charge in [0.1, 0.15) is 5.75 Å². The number of aryl methyl sites for hydroxylation is 1. The average Bonchev–Trinajstić information content (AvgIpc) is 2.94. The van der Waals surface area contributed by atoms with Crippen LogP contribution in [-0.4, -0.2) is 18.0 Å². The second-order valence-electron chi connectivity index (χ2n) is 5.46. The predicted molar refractivity (Wildman–Crippen MR) is 95.3 cm³/mol. The molecule has 4 nitrogen and oxygen atoms in total. The number of benzene rings is 2. The van der Waals surface area contributed by atoms with E-state index in [1.165, 1.54) is 19.2 Å². The first kappa shape index (κ1) is 18.5. The van der Waals surface area contributed by atoms with Gasteiger partial charge in [0.25, 0.3) is 5.91 Å². The maximum absolute atomic E-state index is 12.8. The maximum atomic E-state index is 12.8. The van der Waals surface area contributed by atoms with E-state index < -0.39 is 17.6 Å². The molecule has 0 atom stereocenters. The first-order valence-corrected chi connectivity index (χ1v) is 8.52. The molecule has 3 aromatic rings. The molecule has 0 fully saturated rings. The van der Waals surface area contributed by atoms with E-state index in [1.54, 1.807) is 13.0 Å². The topological polar surface area (TPSA) is 51.2 Å². The molecule has 0 saturated heterocycles. The van der Waals surface area contributed by atoms with E-state index in [0.717, 1.165) is 23.5 Å². The molecule has 1 N–H and O–H groups in total. The molecule has 3 rings (SSSR count). The summed E-state index contributed by atoms with van der Waals surface area (Å²) in [5.74, 6) is -0.144. The Balaban J connectivity index is 1.93. The fourth-order valence-electron chi connectivity index (χ4n) is 2.49. The van der Waals surface area contributed by atoms with Crippen LogP contribution in [0.1, 0.15) is 21.5 Å². The number of halogens is 4. The number of aromatic nitrogens is 1. The number of fused-ring (bicyclic) bond motifs is 1. The lowest BCUT2D eigenvalue weighted by Crippen LogP contribution is -2.13. The smallest absolute Gasteiger partial charge is 0.416 e. The standard InChI is InChI=1S/C17H12ClF3N2O2S/c1-8-5-10(18)7-11(14(8)25-2)15(24)23-16-22-12-6-9(17(19,20)21)3-4-13(12)26-16/h3-7H,1-2H3,(H,22,23,24). The zero-order valence-electron chi connectivity index (χ0n) is 13.6. The number of nitrogens with zero attached hydrogens (tertiary/aromatic N) is 1. The first-order valence-electron chi connectivity index (χ1n) is 7.32. The highest BCUT2D eigenvalue weighted by atomic mass is 35.5. The van der Waals surface area contributed by atoms with Crippen molar-refractivity contribution in [2.45, 2.75) is 13.1 Å². The summed E-state index contributed by atoms with van der Waals surface area (Å²) in [6.07, 6.45) is -4.45. The highest BCUT2D eigenvalue weighted by molar-refractivity contribution is 7.22. The Labute approximate surface area is 155 Å². The first-order chi connectivity index (χ1) is 12.2. The van der Waals surface area contributed by atoms with Crippen molar-refractivity contribution in [2.24, 2.45) is 0 Å². The minimum Gasteiger partial charge on any atom is -0.496 e. The Bertz CT molecular complexity index is 1000. The van der Waals surface area contributed by atoms with Gasteiger partial charge in [0.15, 0.2) is 5.13 Å². The van der Waals surface area contributed by atoms with Crippen LogP contribution in [0.25, 0.3) is 10.2 Å². The molecule has 9 heteroatoms.